The summed E-state index contributed by atoms with van der Waals surface area (Å²) in [5.41, 5.74) is 6.59. The summed E-state index contributed by atoms with van der Waals surface area (Å²) in [4.78, 5) is 14.0. The van der Waals surface area contributed by atoms with Crippen LogP contribution in [0.4, 0.5) is 0 Å². The first-order valence-corrected chi connectivity index (χ1v) is 6.92. The quantitative estimate of drug-likeness (QED) is 0.902. The molecule has 1 saturated heterocycles. The summed E-state index contributed by atoms with van der Waals surface area (Å²) in [6.45, 7) is 3.60. The van der Waals surface area contributed by atoms with Crippen LogP contribution in [-0.2, 0) is 11.3 Å². The molecule has 1 aliphatic heterocycles. The Kier molecular flexibility index (Phi) is 4.80. The van der Waals surface area contributed by atoms with Crippen LogP contribution in [0.25, 0.3) is 0 Å². The molecule has 0 aromatic heterocycles. The summed E-state index contributed by atoms with van der Waals surface area (Å²) in [5, 5.41) is 0. The number of benzene rings is 1. The highest BCUT2D eigenvalue weighted by Gasteiger charge is 2.23. The first-order valence-electron chi connectivity index (χ1n) is 6.92. The number of amides is 1. The van der Waals surface area contributed by atoms with Crippen LogP contribution in [0.2, 0.25) is 0 Å². The third-order valence-electron chi connectivity index (χ3n) is 3.64. The van der Waals surface area contributed by atoms with Crippen LogP contribution in [0, 0.1) is 0 Å². The van der Waals surface area contributed by atoms with Crippen molar-refractivity contribution in [1.29, 1.82) is 0 Å². The van der Waals surface area contributed by atoms with Gasteiger partial charge in [-0.1, -0.05) is 12.1 Å². The maximum absolute atomic E-state index is 12.1. The number of hydrogen-bond donors (Lipinski definition) is 1. The topological polar surface area (TPSA) is 55.6 Å². The van der Waals surface area contributed by atoms with Crippen LogP contribution >= 0.6 is 0 Å². The maximum atomic E-state index is 12.1. The molecule has 1 aliphatic rings. The molecule has 1 aromatic carbocycles. The van der Waals surface area contributed by atoms with E-state index in [0.29, 0.717) is 12.6 Å². The summed E-state index contributed by atoms with van der Waals surface area (Å²) in [6, 6.07) is 7.89. The van der Waals surface area contributed by atoms with Crippen LogP contribution in [-0.4, -0.2) is 30.0 Å². The molecule has 0 spiro atoms. The fourth-order valence-electron chi connectivity index (χ4n) is 2.42. The number of likely N-dealkylation sites (tertiary alicyclic amines) is 1. The monoisotopic (exact) mass is 262 g/mol. The molecule has 1 aromatic rings. The van der Waals surface area contributed by atoms with E-state index >= 15 is 0 Å². The molecular weight excluding hydrogens is 240 g/mol. The number of ether oxygens (including phenoxy) is 1. The highest BCUT2D eigenvalue weighted by Crippen LogP contribution is 2.17. The fraction of sp³-hybridized carbons (Fsp3) is 0.533. The van der Waals surface area contributed by atoms with Crippen molar-refractivity contribution >= 4 is 5.91 Å². The van der Waals surface area contributed by atoms with Crippen LogP contribution in [0.5, 0.6) is 5.75 Å². The van der Waals surface area contributed by atoms with E-state index < -0.39 is 0 Å². The molecule has 1 fully saturated rings. The van der Waals surface area contributed by atoms with E-state index in [1.807, 2.05) is 29.2 Å². The molecule has 2 rings (SSSR count). The van der Waals surface area contributed by atoms with Crippen molar-refractivity contribution in [2.75, 3.05) is 13.2 Å². The zero-order chi connectivity index (χ0) is 13.7. The molecule has 0 radical (unpaired) electrons. The molecular formula is C15H22N2O2. The van der Waals surface area contributed by atoms with Gasteiger partial charge < -0.3 is 15.4 Å². The fourth-order valence-corrected chi connectivity index (χ4v) is 2.42. The first kappa shape index (κ1) is 13.9. The maximum Gasteiger partial charge on any atom is 0.260 e. The highest BCUT2D eigenvalue weighted by molar-refractivity contribution is 5.78. The van der Waals surface area contributed by atoms with Gasteiger partial charge in [0, 0.05) is 19.1 Å². The van der Waals surface area contributed by atoms with Gasteiger partial charge in [-0.25, -0.2) is 0 Å². The van der Waals surface area contributed by atoms with E-state index in [2.05, 4.69) is 6.92 Å². The molecule has 19 heavy (non-hydrogen) atoms. The van der Waals surface area contributed by atoms with Gasteiger partial charge in [0.1, 0.15) is 5.75 Å². The Balaban J connectivity index is 1.85. The summed E-state index contributed by atoms with van der Waals surface area (Å²) in [5.74, 6) is 0.797. The lowest BCUT2D eigenvalue weighted by atomic mass is 10.0. The van der Waals surface area contributed by atoms with Gasteiger partial charge in [0.25, 0.3) is 5.91 Å². The molecule has 2 N–H and O–H groups in total. The van der Waals surface area contributed by atoms with Gasteiger partial charge in [0.15, 0.2) is 6.61 Å². The van der Waals surface area contributed by atoms with Crippen LogP contribution in [0.15, 0.2) is 24.3 Å². The van der Waals surface area contributed by atoms with Crippen LogP contribution in [0.1, 0.15) is 31.7 Å². The molecule has 1 heterocycles. The molecule has 0 saturated carbocycles. The molecule has 1 amide bonds. The predicted octanol–water partition coefficient (Wildman–Crippen LogP) is 1.93. The lowest BCUT2D eigenvalue weighted by Gasteiger charge is -2.33. The summed E-state index contributed by atoms with van der Waals surface area (Å²) in [7, 11) is 0. The molecule has 4 nitrogen and oxygen atoms in total. The number of carbonyl (C=O) groups excluding carboxylic acids is 1. The smallest absolute Gasteiger partial charge is 0.260 e. The lowest BCUT2D eigenvalue weighted by Crippen LogP contribution is -2.44. The standard InChI is InChI=1S/C15H22N2O2/c1-12-4-2-3-9-17(12)15(18)11-19-14-7-5-13(10-16)6-8-14/h5-8,12H,2-4,9-11,16H2,1H3. The second-order valence-corrected chi connectivity index (χ2v) is 5.07. The SMILES string of the molecule is CC1CCCCN1C(=O)COc1ccc(CN)cc1. The largest absolute Gasteiger partial charge is 0.484 e. The van der Waals surface area contributed by atoms with Crippen molar-refractivity contribution in [1.82, 2.24) is 4.90 Å². The number of nitrogens with two attached hydrogens (primary N) is 1. The number of carbonyl (C=O) groups is 1. The van der Waals surface area contributed by atoms with E-state index in [1.165, 1.54) is 6.42 Å². The second kappa shape index (κ2) is 6.57. The summed E-state index contributed by atoms with van der Waals surface area (Å²) < 4.78 is 5.54. The van der Waals surface area contributed by atoms with Crippen molar-refractivity contribution < 1.29 is 9.53 Å². The third kappa shape index (κ3) is 3.70. The van der Waals surface area contributed by atoms with Gasteiger partial charge in [0.05, 0.1) is 0 Å². The van der Waals surface area contributed by atoms with E-state index in [0.717, 1.165) is 30.7 Å². The van der Waals surface area contributed by atoms with E-state index in [-0.39, 0.29) is 12.5 Å². The average molecular weight is 262 g/mol. The Morgan fingerprint density at radius 3 is 2.74 bits per heavy atom. The molecule has 1 atom stereocenters. The summed E-state index contributed by atoms with van der Waals surface area (Å²) in [6.07, 6.45) is 3.41. The van der Waals surface area contributed by atoms with Gasteiger partial charge in [-0.2, -0.15) is 0 Å². The Labute approximate surface area is 114 Å². The normalized spacial score (nSPS) is 19.3. The molecule has 1 unspecified atom stereocenters. The van der Waals surface area contributed by atoms with Crippen molar-refractivity contribution in [2.45, 2.75) is 38.8 Å². The number of nitrogens with zero attached hydrogens (tertiary/aromatic N) is 1. The predicted molar refractivity (Wildman–Crippen MR) is 74.9 cm³/mol. The molecule has 4 heteroatoms. The van der Waals surface area contributed by atoms with Crippen molar-refractivity contribution in [3.8, 4) is 5.75 Å². The van der Waals surface area contributed by atoms with E-state index in [4.69, 9.17) is 10.5 Å². The Hall–Kier alpha value is -1.55. The van der Waals surface area contributed by atoms with Crippen molar-refractivity contribution in [3.05, 3.63) is 29.8 Å². The van der Waals surface area contributed by atoms with Gasteiger partial charge in [-0.15, -0.1) is 0 Å². The lowest BCUT2D eigenvalue weighted by molar-refractivity contribution is -0.136. The minimum Gasteiger partial charge on any atom is -0.484 e. The number of piperidine rings is 1. The van der Waals surface area contributed by atoms with Crippen LogP contribution in [0.3, 0.4) is 0 Å². The van der Waals surface area contributed by atoms with Gasteiger partial charge in [0.2, 0.25) is 0 Å². The van der Waals surface area contributed by atoms with Crippen molar-refractivity contribution in [2.24, 2.45) is 5.73 Å². The van der Waals surface area contributed by atoms with Gasteiger partial charge in [-0.05, 0) is 43.9 Å². The van der Waals surface area contributed by atoms with Gasteiger partial charge >= 0.3 is 0 Å². The zero-order valence-electron chi connectivity index (χ0n) is 11.5. The van der Waals surface area contributed by atoms with E-state index in [1.54, 1.807) is 0 Å². The summed E-state index contributed by atoms with van der Waals surface area (Å²) >= 11 is 0. The first-order chi connectivity index (χ1) is 9.20. The molecule has 104 valence electrons. The molecule has 0 bridgehead atoms. The number of hydrogen-bond acceptors (Lipinski definition) is 3. The highest BCUT2D eigenvalue weighted by atomic mass is 16.5. The minimum atomic E-state index is 0.0788. The number of rotatable bonds is 4. The van der Waals surface area contributed by atoms with Gasteiger partial charge in [-0.3, -0.25) is 4.79 Å². The Morgan fingerprint density at radius 1 is 1.37 bits per heavy atom. The molecule has 0 aliphatic carbocycles. The van der Waals surface area contributed by atoms with E-state index in [9.17, 15) is 4.79 Å². The van der Waals surface area contributed by atoms with Crippen molar-refractivity contribution in [3.63, 3.8) is 0 Å². The third-order valence-corrected chi connectivity index (χ3v) is 3.64. The Morgan fingerprint density at radius 2 is 2.11 bits per heavy atom. The zero-order valence-corrected chi connectivity index (χ0v) is 11.5. The average Bonchev–Trinajstić information content (AvgIpc) is 2.46. The minimum absolute atomic E-state index is 0.0788. The van der Waals surface area contributed by atoms with Crippen LogP contribution < -0.4 is 10.5 Å². The Bertz CT molecular complexity index is 417. The second-order valence-electron chi connectivity index (χ2n) is 5.07.